The molecule has 7 nitrogen and oxygen atoms in total. The molecule has 0 fully saturated rings. The molecule has 0 aliphatic heterocycles. The van der Waals surface area contributed by atoms with Gasteiger partial charge in [-0.15, -0.1) is 0 Å². The highest BCUT2D eigenvalue weighted by Crippen LogP contribution is 2.26. The molecule has 4 rings (SSSR count). The number of hydrogen-bond donors (Lipinski definition) is 3. The number of thioether (sulfide) groups is 1. The summed E-state index contributed by atoms with van der Waals surface area (Å²) in [5.74, 6) is -2.29. The highest BCUT2D eigenvalue weighted by Gasteiger charge is 2.24. The van der Waals surface area contributed by atoms with Gasteiger partial charge >= 0.3 is 5.97 Å². The van der Waals surface area contributed by atoms with Crippen LogP contribution >= 0.6 is 11.8 Å². The molecule has 3 aromatic carbocycles. The molecule has 0 bridgehead atoms. The van der Waals surface area contributed by atoms with Crippen LogP contribution in [0.2, 0.25) is 0 Å². The molecular formula is C31H32F2N4O3S. The minimum absolute atomic E-state index is 0.0422. The molecule has 41 heavy (non-hydrogen) atoms. The van der Waals surface area contributed by atoms with Crippen molar-refractivity contribution in [1.82, 2.24) is 14.9 Å². The zero-order chi connectivity index (χ0) is 29.4. The number of aromatic nitrogens is 2. The van der Waals surface area contributed by atoms with Crippen LogP contribution in [0.5, 0.6) is 0 Å². The van der Waals surface area contributed by atoms with E-state index in [9.17, 15) is 23.5 Å². The number of carbonyl (C=O) groups excluding carboxylic acids is 1. The lowest BCUT2D eigenvalue weighted by Crippen LogP contribution is -2.42. The van der Waals surface area contributed by atoms with E-state index in [-0.39, 0.29) is 29.3 Å². The highest BCUT2D eigenvalue weighted by atomic mass is 32.2. The van der Waals surface area contributed by atoms with Crippen molar-refractivity contribution >= 4 is 29.3 Å². The van der Waals surface area contributed by atoms with E-state index >= 15 is 0 Å². The van der Waals surface area contributed by atoms with Gasteiger partial charge < -0.3 is 20.3 Å². The number of nitrogens with zero attached hydrogens (tertiary/aromatic N) is 2. The number of halogens is 2. The molecule has 0 radical (unpaired) electrons. The molecule has 0 saturated heterocycles. The number of hydrogen-bond acceptors (Lipinski definition) is 5. The number of carboxylic acid groups (broad SMARTS) is 1. The monoisotopic (exact) mass is 578 g/mol. The molecule has 3 N–H and O–H groups in total. The van der Waals surface area contributed by atoms with E-state index in [2.05, 4.69) is 15.6 Å². The number of aliphatic carboxylic acids is 1. The fourth-order valence-electron chi connectivity index (χ4n) is 4.50. The van der Waals surface area contributed by atoms with Gasteiger partial charge in [-0.05, 0) is 78.3 Å². The van der Waals surface area contributed by atoms with Gasteiger partial charge in [0.1, 0.15) is 17.7 Å². The van der Waals surface area contributed by atoms with Crippen molar-refractivity contribution in [3.05, 3.63) is 119 Å². The van der Waals surface area contributed by atoms with Crippen molar-refractivity contribution in [3.8, 4) is 0 Å². The van der Waals surface area contributed by atoms with Crippen molar-refractivity contribution in [2.45, 2.75) is 43.6 Å². The van der Waals surface area contributed by atoms with Gasteiger partial charge in [0.25, 0.3) is 5.91 Å². The zero-order valence-electron chi connectivity index (χ0n) is 22.8. The normalized spacial score (nSPS) is 13.3. The Morgan fingerprint density at radius 1 is 1.02 bits per heavy atom. The van der Waals surface area contributed by atoms with Gasteiger partial charge in [-0.1, -0.05) is 31.2 Å². The molecule has 1 heterocycles. The Balaban J connectivity index is 1.66. The first kappa shape index (κ1) is 29.8. The number of imidazole rings is 1. The third kappa shape index (κ3) is 8.40. The number of benzene rings is 3. The molecule has 0 aliphatic rings. The standard InChI is InChI=1S/C31H32F2N4O3S/c1-20(41-2)15-28(31(39)40)36-30(38)27-12-11-26(17-23(27)16-21-3-7-24(32)8-4-21)35-29(18-37-14-13-34-19-37)22-5-9-25(33)10-6-22/h3-14,17,19-20,28-29,35H,15-16,18H2,1-2H3,(H,36,38)(H,39,40)/t20?,28-,29?/m0/s1. The predicted octanol–water partition coefficient (Wildman–Crippen LogP) is 5.93. The van der Waals surface area contributed by atoms with Gasteiger partial charge in [0.05, 0.1) is 12.4 Å². The van der Waals surface area contributed by atoms with Gasteiger partial charge in [0.15, 0.2) is 0 Å². The summed E-state index contributed by atoms with van der Waals surface area (Å²) in [6, 6.07) is 16.2. The summed E-state index contributed by atoms with van der Waals surface area (Å²) < 4.78 is 29.1. The molecule has 10 heteroatoms. The summed E-state index contributed by atoms with van der Waals surface area (Å²) in [5, 5.41) is 15.9. The smallest absolute Gasteiger partial charge is 0.326 e. The Morgan fingerprint density at radius 2 is 1.71 bits per heavy atom. The first-order valence-corrected chi connectivity index (χ1v) is 14.4. The van der Waals surface area contributed by atoms with Gasteiger partial charge in [-0.25, -0.2) is 18.6 Å². The summed E-state index contributed by atoms with van der Waals surface area (Å²) in [6.45, 7) is 2.42. The molecule has 4 aromatic rings. The van der Waals surface area contributed by atoms with Crippen LogP contribution in [0.3, 0.4) is 0 Å². The average Bonchev–Trinajstić information content (AvgIpc) is 3.47. The van der Waals surface area contributed by atoms with E-state index in [1.54, 1.807) is 48.9 Å². The van der Waals surface area contributed by atoms with Crippen LogP contribution in [0.1, 0.15) is 46.4 Å². The van der Waals surface area contributed by atoms with Gasteiger partial charge in [0, 0.05) is 35.4 Å². The summed E-state index contributed by atoms with van der Waals surface area (Å²) in [6.07, 6.45) is 7.71. The molecule has 214 valence electrons. The molecule has 0 spiro atoms. The topological polar surface area (TPSA) is 96.3 Å². The lowest BCUT2D eigenvalue weighted by atomic mass is 9.97. The van der Waals surface area contributed by atoms with Gasteiger partial charge in [-0.2, -0.15) is 11.8 Å². The maximum Gasteiger partial charge on any atom is 0.326 e. The quantitative estimate of drug-likeness (QED) is 0.182. The minimum atomic E-state index is -1.10. The van der Waals surface area contributed by atoms with E-state index < -0.39 is 17.9 Å². The number of anilines is 1. The Hall–Kier alpha value is -4.18. The Kier molecular flexibility index (Phi) is 10.1. The number of amides is 1. The predicted molar refractivity (Wildman–Crippen MR) is 157 cm³/mol. The number of carbonyl (C=O) groups is 2. The summed E-state index contributed by atoms with van der Waals surface area (Å²) in [7, 11) is 0. The molecular weight excluding hydrogens is 546 g/mol. The number of nitrogens with one attached hydrogen (secondary N) is 2. The van der Waals surface area contributed by atoms with Crippen LogP contribution in [0.25, 0.3) is 0 Å². The van der Waals surface area contributed by atoms with Gasteiger partial charge in [-0.3, -0.25) is 4.79 Å². The van der Waals surface area contributed by atoms with Crippen LogP contribution in [-0.2, 0) is 17.8 Å². The fourth-order valence-corrected chi connectivity index (χ4v) is 4.88. The van der Waals surface area contributed by atoms with Crippen LogP contribution in [-0.4, -0.2) is 44.1 Å². The first-order chi connectivity index (χ1) is 19.7. The Labute approximate surface area is 242 Å². The molecule has 0 aliphatic carbocycles. The van der Waals surface area contributed by atoms with Crippen molar-refractivity contribution in [3.63, 3.8) is 0 Å². The Bertz CT molecular complexity index is 1450. The third-order valence-electron chi connectivity index (χ3n) is 6.80. The molecule has 2 unspecified atom stereocenters. The summed E-state index contributed by atoms with van der Waals surface area (Å²) in [5.41, 5.74) is 3.32. The van der Waals surface area contributed by atoms with E-state index in [0.717, 1.165) is 11.1 Å². The van der Waals surface area contributed by atoms with E-state index in [1.807, 2.05) is 30.0 Å². The second kappa shape index (κ2) is 13.9. The summed E-state index contributed by atoms with van der Waals surface area (Å²) in [4.78, 5) is 29.4. The first-order valence-electron chi connectivity index (χ1n) is 13.1. The lowest BCUT2D eigenvalue weighted by molar-refractivity contribution is -0.139. The van der Waals surface area contributed by atoms with Crippen molar-refractivity contribution in [2.24, 2.45) is 0 Å². The molecule has 1 amide bonds. The number of carboxylic acids is 1. The van der Waals surface area contributed by atoms with Crippen LogP contribution in [0.15, 0.2) is 85.5 Å². The van der Waals surface area contributed by atoms with E-state index in [4.69, 9.17) is 0 Å². The fraction of sp³-hybridized carbons (Fsp3) is 0.258. The average molecular weight is 579 g/mol. The minimum Gasteiger partial charge on any atom is -0.480 e. The maximum atomic E-state index is 13.7. The molecule has 1 aromatic heterocycles. The highest BCUT2D eigenvalue weighted by molar-refractivity contribution is 7.99. The van der Waals surface area contributed by atoms with E-state index in [0.29, 0.717) is 29.8 Å². The summed E-state index contributed by atoms with van der Waals surface area (Å²) >= 11 is 1.53. The van der Waals surface area contributed by atoms with Gasteiger partial charge in [0.2, 0.25) is 0 Å². The lowest BCUT2D eigenvalue weighted by Gasteiger charge is -2.23. The van der Waals surface area contributed by atoms with Crippen LogP contribution < -0.4 is 10.6 Å². The van der Waals surface area contributed by atoms with Crippen molar-refractivity contribution in [2.75, 3.05) is 11.6 Å². The Morgan fingerprint density at radius 3 is 2.32 bits per heavy atom. The van der Waals surface area contributed by atoms with E-state index in [1.165, 1.54) is 36.0 Å². The van der Waals surface area contributed by atoms with Crippen molar-refractivity contribution < 1.29 is 23.5 Å². The third-order valence-corrected chi connectivity index (χ3v) is 7.79. The van der Waals surface area contributed by atoms with Crippen molar-refractivity contribution in [1.29, 1.82) is 0 Å². The zero-order valence-corrected chi connectivity index (χ0v) is 23.6. The second-order valence-corrected chi connectivity index (χ2v) is 11.1. The number of rotatable bonds is 13. The van der Waals surface area contributed by atoms with Crippen LogP contribution in [0, 0.1) is 11.6 Å². The van der Waals surface area contributed by atoms with Crippen LogP contribution in [0.4, 0.5) is 14.5 Å². The SMILES string of the molecule is CSC(C)C[C@H](NC(=O)c1ccc(NC(Cn2ccnc2)c2ccc(F)cc2)cc1Cc1ccc(F)cc1)C(=O)O. The second-order valence-electron chi connectivity index (χ2n) is 9.83. The molecule has 0 saturated carbocycles. The molecule has 3 atom stereocenters. The maximum absolute atomic E-state index is 13.7. The largest absolute Gasteiger partial charge is 0.480 e.